The highest BCUT2D eigenvalue weighted by Gasteiger charge is 2.25. The number of anilines is 1. The molecule has 128 valence electrons. The zero-order chi connectivity index (χ0) is 17.3. The summed E-state index contributed by atoms with van der Waals surface area (Å²) in [7, 11) is 0. The van der Waals surface area contributed by atoms with Gasteiger partial charge >= 0.3 is 5.69 Å². The van der Waals surface area contributed by atoms with Crippen molar-refractivity contribution < 1.29 is 4.74 Å². The minimum Gasteiger partial charge on any atom is -0.374 e. The molecular weight excluding hydrogens is 310 g/mol. The van der Waals surface area contributed by atoms with E-state index in [1.165, 1.54) is 6.20 Å². The van der Waals surface area contributed by atoms with E-state index < -0.39 is 11.2 Å². The van der Waals surface area contributed by atoms with Crippen molar-refractivity contribution in [3.8, 4) is 11.3 Å². The van der Waals surface area contributed by atoms with Gasteiger partial charge in [0.1, 0.15) is 5.69 Å². The van der Waals surface area contributed by atoms with Gasteiger partial charge in [-0.3, -0.25) is 9.78 Å². The van der Waals surface area contributed by atoms with E-state index in [0.29, 0.717) is 18.2 Å². The van der Waals surface area contributed by atoms with Gasteiger partial charge in [-0.25, -0.2) is 4.79 Å². The zero-order valence-corrected chi connectivity index (χ0v) is 14.0. The molecule has 0 bridgehead atoms. The summed E-state index contributed by atoms with van der Waals surface area (Å²) in [6.45, 7) is 8.35. The molecule has 2 aromatic rings. The Hall–Kier alpha value is -2.48. The fourth-order valence-corrected chi connectivity index (χ4v) is 2.79. The van der Waals surface area contributed by atoms with Crippen molar-refractivity contribution in [1.29, 1.82) is 0 Å². The summed E-state index contributed by atoms with van der Waals surface area (Å²) in [5.41, 5.74) is 1.42. The topological polar surface area (TPSA) is 104 Å². The van der Waals surface area contributed by atoms with Crippen LogP contribution in [0.4, 0.5) is 5.69 Å². The van der Waals surface area contributed by atoms with Crippen LogP contribution in [0.5, 0.6) is 0 Å². The second-order valence-electron chi connectivity index (χ2n) is 6.29. The highest BCUT2D eigenvalue weighted by Crippen LogP contribution is 2.25. The number of hydrogen-bond acceptors (Lipinski definition) is 6. The molecular formula is C16H21N5O3. The van der Waals surface area contributed by atoms with Crippen LogP contribution in [-0.4, -0.2) is 46.0 Å². The quantitative estimate of drug-likeness (QED) is 0.857. The van der Waals surface area contributed by atoms with Gasteiger partial charge in [-0.15, -0.1) is 5.10 Å². The summed E-state index contributed by atoms with van der Waals surface area (Å²) in [5.74, 6) is 0.421. The fraction of sp³-hybridized carbons (Fsp3) is 0.500. The first kappa shape index (κ1) is 16.4. The van der Waals surface area contributed by atoms with Crippen LogP contribution in [-0.2, 0) is 4.74 Å². The Morgan fingerprint density at radius 1 is 1.33 bits per heavy atom. The molecule has 3 heterocycles. The molecule has 1 aliphatic rings. The van der Waals surface area contributed by atoms with Gasteiger partial charge in [-0.1, -0.05) is 13.8 Å². The first-order chi connectivity index (χ1) is 11.5. The first-order valence-electron chi connectivity index (χ1n) is 7.99. The number of aromatic amines is 2. The second kappa shape index (κ2) is 6.56. The lowest BCUT2D eigenvalue weighted by molar-refractivity contribution is 0.0113. The molecule has 0 saturated carbocycles. The van der Waals surface area contributed by atoms with Gasteiger partial charge in [0.2, 0.25) is 0 Å². The van der Waals surface area contributed by atoms with Crippen molar-refractivity contribution in [3.63, 3.8) is 0 Å². The number of nitrogens with zero attached hydrogens (tertiary/aromatic N) is 3. The molecule has 1 aliphatic heterocycles. The van der Waals surface area contributed by atoms with E-state index >= 15 is 0 Å². The summed E-state index contributed by atoms with van der Waals surface area (Å²) in [6.07, 6.45) is 1.52. The predicted octanol–water partition coefficient (Wildman–Crippen LogP) is 0.690. The van der Waals surface area contributed by atoms with Crippen molar-refractivity contribution in [2.45, 2.75) is 26.9 Å². The van der Waals surface area contributed by atoms with Crippen LogP contribution in [0.1, 0.15) is 19.5 Å². The van der Waals surface area contributed by atoms with Crippen LogP contribution in [0.2, 0.25) is 0 Å². The molecule has 8 nitrogen and oxygen atoms in total. The number of hydrogen-bond donors (Lipinski definition) is 2. The molecule has 3 rings (SSSR count). The van der Waals surface area contributed by atoms with Gasteiger partial charge in [-0.05, 0) is 18.9 Å². The van der Waals surface area contributed by atoms with Crippen LogP contribution in [0, 0.1) is 12.8 Å². The average molecular weight is 331 g/mol. The Morgan fingerprint density at radius 2 is 2.12 bits per heavy atom. The maximum atomic E-state index is 12.0. The minimum atomic E-state index is -0.544. The van der Waals surface area contributed by atoms with E-state index in [9.17, 15) is 9.59 Å². The number of ether oxygens (including phenoxy) is 1. The molecule has 0 aromatic carbocycles. The number of nitrogens with one attached hydrogen (secondary N) is 2. The van der Waals surface area contributed by atoms with E-state index in [1.54, 1.807) is 0 Å². The summed E-state index contributed by atoms with van der Waals surface area (Å²) in [4.78, 5) is 30.0. The van der Waals surface area contributed by atoms with Crippen molar-refractivity contribution >= 4 is 5.69 Å². The Labute approximate surface area is 138 Å². The van der Waals surface area contributed by atoms with Crippen molar-refractivity contribution in [2.75, 3.05) is 24.6 Å². The Morgan fingerprint density at radius 3 is 2.83 bits per heavy atom. The average Bonchev–Trinajstić information content (AvgIpc) is 2.56. The number of morpholine rings is 1. The number of H-pyrrole nitrogens is 2. The monoisotopic (exact) mass is 331 g/mol. The van der Waals surface area contributed by atoms with Crippen LogP contribution < -0.4 is 16.1 Å². The van der Waals surface area contributed by atoms with Crippen LogP contribution in [0.15, 0.2) is 21.9 Å². The van der Waals surface area contributed by atoms with E-state index in [2.05, 4.69) is 38.9 Å². The Bertz CT molecular complexity index is 842. The molecule has 0 amide bonds. The van der Waals surface area contributed by atoms with E-state index in [1.807, 2.05) is 13.0 Å². The smallest absolute Gasteiger partial charge is 0.325 e. The van der Waals surface area contributed by atoms with Gasteiger partial charge in [0.25, 0.3) is 5.56 Å². The second-order valence-corrected chi connectivity index (χ2v) is 6.29. The Balaban J connectivity index is 1.97. The number of aryl methyl sites for hydroxylation is 1. The zero-order valence-electron chi connectivity index (χ0n) is 14.0. The molecule has 1 fully saturated rings. The van der Waals surface area contributed by atoms with E-state index in [4.69, 9.17) is 4.74 Å². The van der Waals surface area contributed by atoms with Crippen LogP contribution in [0.25, 0.3) is 11.3 Å². The molecule has 8 heteroatoms. The summed E-state index contributed by atoms with van der Waals surface area (Å²) in [6, 6.07) is 1.84. The molecule has 2 aromatic heterocycles. The molecule has 0 aliphatic carbocycles. The summed E-state index contributed by atoms with van der Waals surface area (Å²) in [5, 5.41) is 8.29. The van der Waals surface area contributed by atoms with Crippen LogP contribution in [0.3, 0.4) is 0 Å². The largest absolute Gasteiger partial charge is 0.374 e. The van der Waals surface area contributed by atoms with Crippen LogP contribution >= 0.6 is 0 Å². The first-order valence-corrected chi connectivity index (χ1v) is 7.99. The number of aromatic nitrogens is 4. The van der Waals surface area contributed by atoms with Crippen molar-refractivity contribution in [2.24, 2.45) is 5.92 Å². The molecule has 2 N–H and O–H groups in total. The molecule has 0 unspecified atom stereocenters. The van der Waals surface area contributed by atoms with E-state index in [0.717, 1.165) is 24.5 Å². The van der Waals surface area contributed by atoms with E-state index in [-0.39, 0.29) is 11.7 Å². The lowest BCUT2D eigenvalue weighted by atomic mass is 10.0. The maximum Gasteiger partial charge on any atom is 0.325 e. The minimum absolute atomic E-state index is 0.159. The lowest BCUT2D eigenvalue weighted by Gasteiger charge is -2.36. The van der Waals surface area contributed by atoms with Crippen molar-refractivity contribution in [3.05, 3.63) is 38.8 Å². The molecule has 24 heavy (non-hydrogen) atoms. The third kappa shape index (κ3) is 3.23. The predicted molar refractivity (Wildman–Crippen MR) is 90.2 cm³/mol. The third-order valence-electron chi connectivity index (χ3n) is 4.22. The fourth-order valence-electron chi connectivity index (χ4n) is 2.79. The molecule has 0 spiro atoms. The maximum absolute atomic E-state index is 12.0. The Kier molecular flexibility index (Phi) is 4.48. The molecule has 1 saturated heterocycles. The van der Waals surface area contributed by atoms with Gasteiger partial charge in [0.15, 0.2) is 0 Å². The van der Waals surface area contributed by atoms with Gasteiger partial charge in [0.05, 0.1) is 29.7 Å². The molecule has 0 radical (unpaired) electrons. The molecule has 1 atom stereocenters. The highest BCUT2D eigenvalue weighted by atomic mass is 16.5. The van der Waals surface area contributed by atoms with Gasteiger partial charge in [0, 0.05) is 19.3 Å². The SMILES string of the molecule is Cc1nnc(-c2c[nH]c(=O)[nH]c2=O)cc1N1CCO[C@@H](C(C)C)C1. The standard InChI is InChI=1S/C16H21N5O3/c1-9(2)14-8-21(4-5-24-14)13-6-12(20-19-10(13)3)11-7-17-16(23)18-15(11)22/h6-7,9,14H,4-5,8H2,1-3H3,(H2,17,18,22,23)/t14-/m1/s1. The summed E-state index contributed by atoms with van der Waals surface area (Å²) >= 11 is 0. The van der Waals surface area contributed by atoms with Crippen molar-refractivity contribution in [1.82, 2.24) is 20.2 Å². The normalized spacial score (nSPS) is 18.2. The summed E-state index contributed by atoms with van der Waals surface area (Å²) < 4.78 is 5.81. The highest BCUT2D eigenvalue weighted by molar-refractivity contribution is 5.64. The third-order valence-corrected chi connectivity index (χ3v) is 4.22. The number of rotatable bonds is 3. The van der Waals surface area contributed by atoms with Gasteiger partial charge < -0.3 is 14.6 Å². The lowest BCUT2D eigenvalue weighted by Crippen LogP contribution is -2.45. The van der Waals surface area contributed by atoms with Gasteiger partial charge in [-0.2, -0.15) is 5.10 Å².